The van der Waals surface area contributed by atoms with E-state index in [1.807, 2.05) is 19.1 Å². The number of methoxy groups -OCH3 is 1. The van der Waals surface area contributed by atoms with E-state index in [1.54, 1.807) is 55.5 Å². The van der Waals surface area contributed by atoms with Gasteiger partial charge in [-0.15, -0.1) is 0 Å². The monoisotopic (exact) mass is 420 g/mol. The second kappa shape index (κ2) is 10.2. The smallest absolute Gasteiger partial charge is 0.344 e. The van der Waals surface area contributed by atoms with E-state index in [-0.39, 0.29) is 11.4 Å². The number of pyridine rings is 1. The van der Waals surface area contributed by atoms with Crippen LogP contribution in [-0.2, 0) is 9.53 Å². The molecule has 1 aromatic heterocycles. The molecule has 7 nitrogen and oxygen atoms in total. The van der Waals surface area contributed by atoms with Crippen LogP contribution >= 0.6 is 0 Å². The summed E-state index contributed by atoms with van der Waals surface area (Å²) in [7, 11) is 1.52. The largest absolute Gasteiger partial charge is 0.495 e. The molecule has 7 heteroatoms. The Kier molecular flexibility index (Phi) is 7.22. The van der Waals surface area contributed by atoms with Crippen LogP contribution in [0.15, 0.2) is 66.9 Å². The summed E-state index contributed by atoms with van der Waals surface area (Å²) in [4.78, 5) is 30.2. The number of benzene rings is 2. The minimum atomic E-state index is -1.19. The Morgan fingerprint density at radius 1 is 1.06 bits per heavy atom. The van der Waals surface area contributed by atoms with Gasteiger partial charge in [-0.05, 0) is 43.7 Å². The zero-order valence-electron chi connectivity index (χ0n) is 17.6. The third-order valence-corrected chi connectivity index (χ3v) is 4.45. The van der Waals surface area contributed by atoms with Gasteiger partial charge in [-0.1, -0.05) is 36.4 Å². The van der Waals surface area contributed by atoms with Crippen molar-refractivity contribution in [2.45, 2.75) is 20.0 Å². The summed E-state index contributed by atoms with van der Waals surface area (Å²) in [6, 6.07) is 17.4. The van der Waals surface area contributed by atoms with Crippen molar-refractivity contribution in [1.82, 2.24) is 4.98 Å². The zero-order valence-corrected chi connectivity index (χ0v) is 17.6. The van der Waals surface area contributed by atoms with Gasteiger partial charge in [-0.25, -0.2) is 9.78 Å². The number of ether oxygens (including phenoxy) is 3. The fourth-order valence-corrected chi connectivity index (χ4v) is 2.99. The van der Waals surface area contributed by atoms with Gasteiger partial charge in [0.1, 0.15) is 11.3 Å². The number of carbonyl (C=O) groups is 2. The third-order valence-electron chi connectivity index (χ3n) is 4.45. The predicted molar refractivity (Wildman–Crippen MR) is 116 cm³/mol. The number of aromatic nitrogens is 1. The average molecular weight is 420 g/mol. The molecule has 0 aliphatic rings. The number of esters is 1. The van der Waals surface area contributed by atoms with E-state index in [1.165, 1.54) is 13.3 Å². The summed E-state index contributed by atoms with van der Waals surface area (Å²) in [5, 5.41) is 2.81. The van der Waals surface area contributed by atoms with Crippen molar-refractivity contribution < 1.29 is 23.8 Å². The fraction of sp³-hybridized carbons (Fsp3) is 0.208. The van der Waals surface area contributed by atoms with Crippen LogP contribution in [0.2, 0.25) is 0 Å². The van der Waals surface area contributed by atoms with Crippen LogP contribution in [0.1, 0.15) is 34.5 Å². The maximum Gasteiger partial charge on any atom is 0.344 e. The van der Waals surface area contributed by atoms with Crippen molar-refractivity contribution in [1.29, 1.82) is 0 Å². The van der Waals surface area contributed by atoms with Crippen molar-refractivity contribution in [3.63, 3.8) is 0 Å². The third kappa shape index (κ3) is 5.39. The number of hydrogen-bond acceptors (Lipinski definition) is 6. The number of amides is 1. The first-order valence-electron chi connectivity index (χ1n) is 9.82. The highest BCUT2D eigenvalue weighted by atomic mass is 16.6. The molecule has 31 heavy (non-hydrogen) atoms. The molecule has 0 fully saturated rings. The summed E-state index contributed by atoms with van der Waals surface area (Å²) in [5.41, 5.74) is 2.11. The lowest BCUT2D eigenvalue weighted by Gasteiger charge is -2.19. The van der Waals surface area contributed by atoms with Gasteiger partial charge < -0.3 is 19.5 Å². The van der Waals surface area contributed by atoms with Gasteiger partial charge in [0.05, 0.1) is 19.4 Å². The molecule has 0 spiro atoms. The standard InChI is InChI=1S/C24H24N2O5/c1-4-30-23-18(11-8-14-25-23)24(28)31-21(17-9-6-5-7-10-17)22(27)26-19-15-16(2)12-13-20(19)29-3/h5-15,21H,4H2,1-3H3,(H,26,27)/t21-/m0/s1. The van der Waals surface area contributed by atoms with Crippen LogP contribution in [0.3, 0.4) is 0 Å². The normalized spacial score (nSPS) is 11.3. The molecule has 1 heterocycles. The first-order valence-corrected chi connectivity index (χ1v) is 9.82. The summed E-state index contributed by atoms with van der Waals surface area (Å²) < 4.78 is 16.4. The highest BCUT2D eigenvalue weighted by Gasteiger charge is 2.28. The molecule has 0 saturated carbocycles. The van der Waals surface area contributed by atoms with Crippen molar-refractivity contribution in [3.8, 4) is 11.6 Å². The van der Waals surface area contributed by atoms with Crippen molar-refractivity contribution in [2.75, 3.05) is 19.0 Å². The molecule has 1 atom stereocenters. The molecule has 0 bridgehead atoms. The van der Waals surface area contributed by atoms with Crippen LogP contribution < -0.4 is 14.8 Å². The van der Waals surface area contributed by atoms with Crippen molar-refractivity contribution in [3.05, 3.63) is 83.6 Å². The van der Waals surface area contributed by atoms with Crippen LogP contribution in [0.4, 0.5) is 5.69 Å². The lowest BCUT2D eigenvalue weighted by atomic mass is 10.1. The average Bonchev–Trinajstić information content (AvgIpc) is 2.78. The van der Waals surface area contributed by atoms with Gasteiger partial charge in [0, 0.05) is 11.8 Å². The summed E-state index contributed by atoms with van der Waals surface area (Å²) in [6.45, 7) is 4.04. The highest BCUT2D eigenvalue weighted by molar-refractivity contribution is 5.99. The highest BCUT2D eigenvalue weighted by Crippen LogP contribution is 2.28. The number of nitrogens with one attached hydrogen (secondary N) is 1. The minimum absolute atomic E-state index is 0.145. The Labute approximate surface area is 181 Å². The summed E-state index contributed by atoms with van der Waals surface area (Å²) >= 11 is 0. The molecule has 0 saturated heterocycles. The fourth-order valence-electron chi connectivity index (χ4n) is 2.99. The second-order valence-corrected chi connectivity index (χ2v) is 6.68. The lowest BCUT2D eigenvalue weighted by Crippen LogP contribution is -2.26. The van der Waals surface area contributed by atoms with Crippen LogP contribution in [0.5, 0.6) is 11.6 Å². The number of carbonyl (C=O) groups excluding carboxylic acids is 2. The van der Waals surface area contributed by atoms with E-state index in [0.29, 0.717) is 23.6 Å². The number of hydrogen-bond donors (Lipinski definition) is 1. The van der Waals surface area contributed by atoms with Crippen molar-refractivity contribution >= 4 is 17.6 Å². The van der Waals surface area contributed by atoms with Crippen molar-refractivity contribution in [2.24, 2.45) is 0 Å². The number of aryl methyl sites for hydroxylation is 1. The SMILES string of the molecule is CCOc1ncccc1C(=O)O[C@H](C(=O)Nc1cc(C)ccc1OC)c1ccccc1. The second-order valence-electron chi connectivity index (χ2n) is 6.68. The Bertz CT molecular complexity index is 1050. The first kappa shape index (κ1) is 21.8. The number of nitrogens with zero attached hydrogens (tertiary/aromatic N) is 1. The maximum absolute atomic E-state index is 13.2. The Morgan fingerprint density at radius 3 is 2.55 bits per heavy atom. The van der Waals surface area contributed by atoms with Crippen LogP contribution in [0, 0.1) is 6.92 Å². The molecular formula is C24H24N2O5. The Hall–Kier alpha value is -3.87. The molecule has 0 unspecified atom stereocenters. The van der Waals surface area contributed by atoms with E-state index in [0.717, 1.165) is 5.56 Å². The molecule has 3 aromatic rings. The molecule has 160 valence electrons. The lowest BCUT2D eigenvalue weighted by molar-refractivity contribution is -0.125. The minimum Gasteiger partial charge on any atom is -0.495 e. The molecule has 0 aliphatic carbocycles. The van der Waals surface area contributed by atoms with Crippen LogP contribution in [0.25, 0.3) is 0 Å². The number of rotatable bonds is 8. The van der Waals surface area contributed by atoms with Gasteiger partial charge in [0.25, 0.3) is 5.91 Å². The van der Waals surface area contributed by atoms with Crippen LogP contribution in [-0.4, -0.2) is 30.6 Å². The van der Waals surface area contributed by atoms with Gasteiger partial charge >= 0.3 is 5.97 Å². The molecule has 0 aliphatic heterocycles. The topological polar surface area (TPSA) is 86.8 Å². The van der Waals surface area contributed by atoms with Gasteiger partial charge in [0.15, 0.2) is 0 Å². The maximum atomic E-state index is 13.2. The zero-order chi connectivity index (χ0) is 22.2. The van der Waals surface area contributed by atoms with E-state index >= 15 is 0 Å². The Balaban J connectivity index is 1.90. The quantitative estimate of drug-likeness (QED) is 0.546. The predicted octanol–water partition coefficient (Wildman–Crippen LogP) is 4.33. The molecule has 1 N–H and O–H groups in total. The summed E-state index contributed by atoms with van der Waals surface area (Å²) in [6.07, 6.45) is 0.335. The summed E-state index contributed by atoms with van der Waals surface area (Å²) in [5.74, 6) is -0.562. The van der Waals surface area contributed by atoms with E-state index in [9.17, 15) is 9.59 Å². The molecule has 3 rings (SSSR count). The first-order chi connectivity index (χ1) is 15.0. The van der Waals surface area contributed by atoms with Gasteiger partial charge in [0.2, 0.25) is 12.0 Å². The molecular weight excluding hydrogens is 396 g/mol. The molecule has 2 aromatic carbocycles. The van der Waals surface area contributed by atoms with E-state index in [2.05, 4.69) is 10.3 Å². The van der Waals surface area contributed by atoms with E-state index < -0.39 is 18.0 Å². The molecule has 0 radical (unpaired) electrons. The molecule has 1 amide bonds. The van der Waals surface area contributed by atoms with Gasteiger partial charge in [-0.3, -0.25) is 4.79 Å². The van der Waals surface area contributed by atoms with Gasteiger partial charge in [-0.2, -0.15) is 0 Å². The number of anilines is 1. The van der Waals surface area contributed by atoms with E-state index in [4.69, 9.17) is 14.2 Å². The Morgan fingerprint density at radius 2 is 1.84 bits per heavy atom.